The Kier molecular flexibility index (Phi) is 4.97. The number of hydrogen-bond donors (Lipinski definition) is 1. The van der Waals surface area contributed by atoms with Gasteiger partial charge >= 0.3 is 0 Å². The molecule has 0 bridgehead atoms. The van der Waals surface area contributed by atoms with E-state index in [2.05, 4.69) is 4.72 Å². The van der Waals surface area contributed by atoms with Gasteiger partial charge in [0.15, 0.2) is 0 Å². The molecule has 3 nitrogen and oxygen atoms in total. The third-order valence-corrected chi connectivity index (χ3v) is 5.95. The SMILES string of the molecule is Cc1cc(C)c(S(=O)(=O)N[C@@H](C)c2cc(C)ccc2C)c(C)c1. The Bertz CT molecular complexity index is 815. The van der Waals surface area contributed by atoms with E-state index >= 15 is 0 Å². The van der Waals surface area contributed by atoms with E-state index in [-0.39, 0.29) is 6.04 Å². The molecule has 0 heterocycles. The third-order valence-electron chi connectivity index (χ3n) is 4.11. The topological polar surface area (TPSA) is 46.2 Å². The second-order valence-electron chi connectivity index (χ2n) is 6.43. The van der Waals surface area contributed by atoms with Crippen LogP contribution in [-0.2, 0) is 10.0 Å². The zero-order valence-electron chi connectivity index (χ0n) is 14.7. The van der Waals surface area contributed by atoms with Crippen LogP contribution in [0, 0.1) is 34.6 Å². The zero-order chi connectivity index (χ0) is 17.4. The van der Waals surface area contributed by atoms with Gasteiger partial charge in [-0.15, -0.1) is 0 Å². The molecule has 0 aliphatic heterocycles. The van der Waals surface area contributed by atoms with Crippen molar-refractivity contribution in [1.82, 2.24) is 4.72 Å². The zero-order valence-corrected chi connectivity index (χ0v) is 15.5. The molecule has 1 N–H and O–H groups in total. The van der Waals surface area contributed by atoms with E-state index in [0.29, 0.717) is 4.90 Å². The first-order valence-electron chi connectivity index (χ1n) is 7.79. The van der Waals surface area contributed by atoms with Gasteiger partial charge in [-0.3, -0.25) is 0 Å². The lowest BCUT2D eigenvalue weighted by molar-refractivity contribution is 0.565. The van der Waals surface area contributed by atoms with Gasteiger partial charge in [0.05, 0.1) is 4.90 Å². The molecular weight excluding hydrogens is 306 g/mol. The molecule has 0 saturated heterocycles. The second-order valence-corrected chi connectivity index (χ2v) is 8.08. The Morgan fingerprint density at radius 1 is 0.826 bits per heavy atom. The van der Waals surface area contributed by atoms with Gasteiger partial charge in [-0.05, 0) is 63.8 Å². The van der Waals surface area contributed by atoms with Crippen LogP contribution >= 0.6 is 0 Å². The number of sulfonamides is 1. The number of benzene rings is 2. The Morgan fingerprint density at radius 2 is 1.39 bits per heavy atom. The van der Waals surface area contributed by atoms with Crippen molar-refractivity contribution >= 4 is 10.0 Å². The Morgan fingerprint density at radius 3 is 1.96 bits per heavy atom. The highest BCUT2D eigenvalue weighted by molar-refractivity contribution is 7.89. The summed E-state index contributed by atoms with van der Waals surface area (Å²) < 4.78 is 28.5. The van der Waals surface area contributed by atoms with Crippen molar-refractivity contribution in [3.05, 3.63) is 63.7 Å². The minimum absolute atomic E-state index is 0.278. The van der Waals surface area contributed by atoms with Crippen molar-refractivity contribution in [1.29, 1.82) is 0 Å². The van der Waals surface area contributed by atoms with Crippen molar-refractivity contribution in [2.24, 2.45) is 0 Å². The lowest BCUT2D eigenvalue weighted by Crippen LogP contribution is -2.28. The predicted octanol–water partition coefficient (Wildman–Crippen LogP) is 4.27. The van der Waals surface area contributed by atoms with Crippen LogP contribution < -0.4 is 4.72 Å². The molecule has 0 saturated carbocycles. The van der Waals surface area contributed by atoms with Gasteiger partial charge in [0.1, 0.15) is 0 Å². The van der Waals surface area contributed by atoms with Crippen LogP contribution in [0.3, 0.4) is 0 Å². The molecule has 0 unspecified atom stereocenters. The van der Waals surface area contributed by atoms with Crippen LogP contribution in [0.25, 0.3) is 0 Å². The molecule has 0 fully saturated rings. The largest absolute Gasteiger partial charge is 0.241 e. The van der Waals surface area contributed by atoms with Crippen LogP contribution in [0.15, 0.2) is 35.2 Å². The summed E-state index contributed by atoms with van der Waals surface area (Å²) in [5, 5.41) is 0. The van der Waals surface area contributed by atoms with Crippen molar-refractivity contribution in [2.75, 3.05) is 0 Å². The fraction of sp³-hybridized carbons (Fsp3) is 0.368. The van der Waals surface area contributed by atoms with Gasteiger partial charge in [-0.2, -0.15) is 0 Å². The average Bonchev–Trinajstić information content (AvgIpc) is 2.39. The monoisotopic (exact) mass is 331 g/mol. The standard InChI is InChI=1S/C19H25NO2S/c1-12-7-8-14(3)18(11-12)17(6)20-23(21,22)19-15(4)9-13(2)10-16(19)5/h7-11,17,20H,1-6H3/t17-/m0/s1. The highest BCUT2D eigenvalue weighted by atomic mass is 32.2. The molecular formula is C19H25NO2S. The van der Waals surface area contributed by atoms with Crippen LogP contribution in [0.5, 0.6) is 0 Å². The van der Waals surface area contributed by atoms with Gasteiger partial charge in [0, 0.05) is 6.04 Å². The summed E-state index contributed by atoms with van der Waals surface area (Å²) in [6, 6.07) is 9.64. The number of aryl methyl sites for hydroxylation is 5. The molecule has 0 aliphatic rings. The summed E-state index contributed by atoms with van der Waals surface area (Å²) in [6.45, 7) is 11.6. The minimum Gasteiger partial charge on any atom is -0.207 e. The normalized spacial score (nSPS) is 13.1. The minimum atomic E-state index is -3.57. The quantitative estimate of drug-likeness (QED) is 0.909. The molecule has 23 heavy (non-hydrogen) atoms. The summed E-state index contributed by atoms with van der Waals surface area (Å²) in [5.74, 6) is 0. The molecule has 124 valence electrons. The Balaban J connectivity index is 2.41. The molecule has 0 aromatic heterocycles. The maximum absolute atomic E-state index is 12.9. The molecule has 0 aliphatic carbocycles. The van der Waals surface area contributed by atoms with E-state index in [9.17, 15) is 8.42 Å². The van der Waals surface area contributed by atoms with Crippen molar-refractivity contribution in [2.45, 2.75) is 52.5 Å². The molecule has 0 spiro atoms. The van der Waals surface area contributed by atoms with E-state index in [1.54, 1.807) is 0 Å². The summed E-state index contributed by atoms with van der Waals surface area (Å²) in [7, 11) is -3.57. The summed E-state index contributed by atoms with van der Waals surface area (Å²) in [4.78, 5) is 0.389. The van der Waals surface area contributed by atoms with Crippen molar-refractivity contribution in [3.63, 3.8) is 0 Å². The van der Waals surface area contributed by atoms with E-state index in [4.69, 9.17) is 0 Å². The Hall–Kier alpha value is -1.65. The van der Waals surface area contributed by atoms with Crippen LogP contribution in [0.4, 0.5) is 0 Å². The molecule has 2 aromatic carbocycles. The maximum Gasteiger partial charge on any atom is 0.241 e. The summed E-state index contributed by atoms with van der Waals surface area (Å²) in [6.07, 6.45) is 0. The first-order chi connectivity index (χ1) is 10.6. The number of rotatable bonds is 4. The highest BCUT2D eigenvalue weighted by Crippen LogP contribution is 2.25. The van der Waals surface area contributed by atoms with E-state index in [0.717, 1.165) is 33.4 Å². The Labute approximate surface area is 139 Å². The third kappa shape index (κ3) is 3.82. The van der Waals surface area contributed by atoms with Crippen molar-refractivity contribution in [3.8, 4) is 0 Å². The van der Waals surface area contributed by atoms with Crippen LogP contribution in [0.2, 0.25) is 0 Å². The first-order valence-corrected chi connectivity index (χ1v) is 9.27. The summed E-state index contributed by atoms with van der Waals surface area (Å²) >= 11 is 0. The molecule has 2 rings (SSSR count). The first kappa shape index (κ1) is 17.7. The number of nitrogens with one attached hydrogen (secondary N) is 1. The van der Waals surface area contributed by atoms with Gasteiger partial charge < -0.3 is 0 Å². The highest BCUT2D eigenvalue weighted by Gasteiger charge is 2.23. The molecule has 2 aromatic rings. The van der Waals surface area contributed by atoms with Gasteiger partial charge in [-0.25, -0.2) is 13.1 Å². The van der Waals surface area contributed by atoms with E-state index < -0.39 is 10.0 Å². The number of hydrogen-bond acceptors (Lipinski definition) is 2. The molecule has 0 radical (unpaired) electrons. The van der Waals surface area contributed by atoms with E-state index in [1.807, 2.05) is 71.9 Å². The smallest absolute Gasteiger partial charge is 0.207 e. The lowest BCUT2D eigenvalue weighted by atomic mass is 10.0. The van der Waals surface area contributed by atoms with Crippen molar-refractivity contribution < 1.29 is 8.42 Å². The fourth-order valence-corrected chi connectivity index (χ4v) is 4.85. The van der Waals surface area contributed by atoms with Crippen LogP contribution in [-0.4, -0.2) is 8.42 Å². The molecule has 0 amide bonds. The van der Waals surface area contributed by atoms with Gasteiger partial charge in [0.25, 0.3) is 0 Å². The predicted molar refractivity (Wildman–Crippen MR) is 95.3 cm³/mol. The fourth-order valence-electron chi connectivity index (χ4n) is 3.17. The van der Waals surface area contributed by atoms with Gasteiger partial charge in [-0.1, -0.05) is 41.5 Å². The van der Waals surface area contributed by atoms with Crippen LogP contribution in [0.1, 0.15) is 46.3 Å². The molecule has 4 heteroatoms. The van der Waals surface area contributed by atoms with E-state index in [1.165, 1.54) is 0 Å². The maximum atomic E-state index is 12.9. The average molecular weight is 331 g/mol. The molecule has 1 atom stereocenters. The second kappa shape index (κ2) is 6.46. The summed E-state index contributed by atoms with van der Waals surface area (Å²) in [5.41, 5.74) is 5.85. The lowest BCUT2D eigenvalue weighted by Gasteiger charge is -2.19. The van der Waals surface area contributed by atoms with Gasteiger partial charge in [0.2, 0.25) is 10.0 Å².